The molecule has 0 fully saturated rings. The third kappa shape index (κ3) is 2.62. The number of rotatable bonds is 4. The molecule has 0 aliphatic carbocycles. The summed E-state index contributed by atoms with van der Waals surface area (Å²) in [6.45, 7) is 1.99. The third-order valence-electron chi connectivity index (χ3n) is 3.28. The number of likely N-dealkylation sites (N-methyl/N-ethyl adjacent to an activating group) is 1. The summed E-state index contributed by atoms with van der Waals surface area (Å²) in [6, 6.07) is 7.00. The number of pyridine rings is 1. The van der Waals surface area contributed by atoms with Crippen LogP contribution in [0.3, 0.4) is 0 Å². The molecule has 0 saturated heterocycles. The Hall–Kier alpha value is -2.90. The number of aromatic nitrogens is 4. The molecule has 1 amide bonds. The summed E-state index contributed by atoms with van der Waals surface area (Å²) in [5.74, 6) is 0.457. The predicted molar refractivity (Wildman–Crippen MR) is 77.2 cm³/mol. The molecule has 0 N–H and O–H groups in total. The summed E-state index contributed by atoms with van der Waals surface area (Å²) < 4.78 is 7.52. The lowest BCUT2D eigenvalue weighted by Gasteiger charge is -2.14. The number of amides is 1. The Kier molecular flexibility index (Phi) is 3.50. The van der Waals surface area contributed by atoms with Crippen molar-refractivity contribution in [1.82, 2.24) is 24.2 Å². The van der Waals surface area contributed by atoms with E-state index in [1.165, 1.54) is 9.30 Å². The molecular formula is C14H15N5O3. The van der Waals surface area contributed by atoms with Gasteiger partial charge < -0.3 is 9.42 Å². The molecule has 0 unspecified atom stereocenters. The Labute approximate surface area is 125 Å². The first-order valence-corrected chi connectivity index (χ1v) is 6.75. The van der Waals surface area contributed by atoms with Gasteiger partial charge in [-0.25, -0.2) is 9.48 Å². The molecule has 3 rings (SSSR count). The Balaban J connectivity index is 1.75. The van der Waals surface area contributed by atoms with Crippen LogP contribution in [0, 0.1) is 6.92 Å². The van der Waals surface area contributed by atoms with E-state index >= 15 is 0 Å². The van der Waals surface area contributed by atoms with E-state index in [4.69, 9.17) is 4.52 Å². The molecule has 8 nitrogen and oxygen atoms in total. The van der Waals surface area contributed by atoms with Crippen LogP contribution in [0.4, 0.5) is 0 Å². The maximum Gasteiger partial charge on any atom is 0.350 e. The van der Waals surface area contributed by atoms with Gasteiger partial charge in [-0.3, -0.25) is 9.20 Å². The van der Waals surface area contributed by atoms with Crippen LogP contribution in [0.2, 0.25) is 0 Å². The quantitative estimate of drug-likeness (QED) is 0.698. The molecule has 0 spiro atoms. The minimum atomic E-state index is -0.338. The van der Waals surface area contributed by atoms with E-state index in [0.29, 0.717) is 23.6 Å². The molecule has 3 heterocycles. The third-order valence-corrected chi connectivity index (χ3v) is 3.28. The molecular weight excluding hydrogens is 286 g/mol. The van der Waals surface area contributed by atoms with Gasteiger partial charge in [0.2, 0.25) is 5.91 Å². The van der Waals surface area contributed by atoms with Crippen LogP contribution in [0.25, 0.3) is 5.65 Å². The van der Waals surface area contributed by atoms with Gasteiger partial charge in [0.1, 0.15) is 18.0 Å². The first kappa shape index (κ1) is 14.1. The summed E-state index contributed by atoms with van der Waals surface area (Å²) in [5.41, 5.74) is 0.834. The highest BCUT2D eigenvalue weighted by Gasteiger charge is 2.15. The molecule has 0 aliphatic heterocycles. The number of nitrogens with zero attached hydrogens (tertiary/aromatic N) is 5. The van der Waals surface area contributed by atoms with Crippen molar-refractivity contribution in [2.75, 3.05) is 7.05 Å². The first-order valence-electron chi connectivity index (χ1n) is 6.75. The van der Waals surface area contributed by atoms with Gasteiger partial charge >= 0.3 is 5.69 Å². The minimum absolute atomic E-state index is 0.117. The van der Waals surface area contributed by atoms with Gasteiger partial charge in [0, 0.05) is 19.3 Å². The summed E-state index contributed by atoms with van der Waals surface area (Å²) in [4.78, 5) is 25.8. The van der Waals surface area contributed by atoms with E-state index in [2.05, 4.69) is 10.3 Å². The van der Waals surface area contributed by atoms with Crippen LogP contribution < -0.4 is 5.69 Å². The maximum atomic E-state index is 12.2. The molecule has 0 bridgehead atoms. The number of hydrogen-bond donors (Lipinski definition) is 0. The molecule has 3 aromatic heterocycles. The van der Waals surface area contributed by atoms with Gasteiger partial charge in [0.15, 0.2) is 5.65 Å². The number of carbonyl (C=O) groups excluding carboxylic acids is 1. The lowest BCUT2D eigenvalue weighted by Crippen LogP contribution is -2.34. The van der Waals surface area contributed by atoms with Gasteiger partial charge in [-0.15, -0.1) is 5.10 Å². The summed E-state index contributed by atoms with van der Waals surface area (Å²) >= 11 is 0. The number of carbonyl (C=O) groups is 1. The van der Waals surface area contributed by atoms with Gasteiger partial charge in [-0.05, 0) is 19.1 Å². The summed E-state index contributed by atoms with van der Waals surface area (Å²) in [5, 5.41) is 7.97. The van der Waals surface area contributed by atoms with Gasteiger partial charge in [-0.1, -0.05) is 11.2 Å². The second kappa shape index (κ2) is 5.47. The normalized spacial score (nSPS) is 11.0. The van der Waals surface area contributed by atoms with Crippen molar-refractivity contribution in [2.24, 2.45) is 0 Å². The fourth-order valence-corrected chi connectivity index (χ4v) is 2.14. The van der Waals surface area contributed by atoms with E-state index in [-0.39, 0.29) is 18.1 Å². The van der Waals surface area contributed by atoms with Crippen molar-refractivity contribution in [3.8, 4) is 0 Å². The highest BCUT2D eigenvalue weighted by Crippen LogP contribution is 2.05. The Morgan fingerprint density at radius 3 is 2.91 bits per heavy atom. The van der Waals surface area contributed by atoms with Crippen LogP contribution in [0.5, 0.6) is 0 Å². The number of aryl methyl sites for hydroxylation is 1. The molecule has 114 valence electrons. The Morgan fingerprint density at radius 1 is 1.41 bits per heavy atom. The molecule has 22 heavy (non-hydrogen) atoms. The van der Waals surface area contributed by atoms with Crippen LogP contribution in [-0.2, 0) is 17.9 Å². The van der Waals surface area contributed by atoms with Crippen molar-refractivity contribution in [3.05, 3.63) is 52.4 Å². The Morgan fingerprint density at radius 2 is 2.23 bits per heavy atom. The highest BCUT2D eigenvalue weighted by atomic mass is 16.5. The van der Waals surface area contributed by atoms with Crippen LogP contribution in [-0.4, -0.2) is 37.2 Å². The lowest BCUT2D eigenvalue weighted by atomic mass is 10.3. The van der Waals surface area contributed by atoms with Crippen molar-refractivity contribution < 1.29 is 9.32 Å². The standard InChI is InChI=1S/C14H15N5O3/c1-10-7-11(16-22-10)8-17(2)13(20)9-19-14(21)18-6-4-3-5-12(18)15-19/h3-7H,8-9H2,1-2H3. The molecule has 0 atom stereocenters. The van der Waals surface area contributed by atoms with E-state index < -0.39 is 0 Å². The minimum Gasteiger partial charge on any atom is -0.361 e. The average Bonchev–Trinajstić information content (AvgIpc) is 3.04. The number of hydrogen-bond acceptors (Lipinski definition) is 5. The van der Waals surface area contributed by atoms with Crippen LogP contribution >= 0.6 is 0 Å². The SMILES string of the molecule is Cc1cc(CN(C)C(=O)Cn2nc3ccccn3c2=O)no1. The van der Waals surface area contributed by atoms with Crippen molar-refractivity contribution in [1.29, 1.82) is 0 Å². The van der Waals surface area contributed by atoms with Crippen molar-refractivity contribution in [2.45, 2.75) is 20.0 Å². The fraction of sp³-hybridized carbons (Fsp3) is 0.286. The second-order valence-electron chi connectivity index (χ2n) is 5.05. The number of fused-ring (bicyclic) bond motifs is 1. The van der Waals surface area contributed by atoms with E-state index in [1.54, 1.807) is 44.4 Å². The van der Waals surface area contributed by atoms with E-state index in [9.17, 15) is 9.59 Å². The van der Waals surface area contributed by atoms with Crippen molar-refractivity contribution in [3.63, 3.8) is 0 Å². The van der Waals surface area contributed by atoms with Gasteiger partial charge in [-0.2, -0.15) is 0 Å². The lowest BCUT2D eigenvalue weighted by molar-refractivity contribution is -0.131. The molecule has 0 aromatic carbocycles. The zero-order valence-corrected chi connectivity index (χ0v) is 12.3. The average molecular weight is 301 g/mol. The summed E-state index contributed by atoms with van der Waals surface area (Å²) in [7, 11) is 1.65. The van der Waals surface area contributed by atoms with Gasteiger partial charge in [0.05, 0.1) is 6.54 Å². The maximum absolute atomic E-state index is 12.2. The fourth-order valence-electron chi connectivity index (χ4n) is 2.14. The zero-order chi connectivity index (χ0) is 15.7. The smallest absolute Gasteiger partial charge is 0.350 e. The zero-order valence-electron chi connectivity index (χ0n) is 12.3. The molecule has 8 heteroatoms. The van der Waals surface area contributed by atoms with Crippen molar-refractivity contribution >= 4 is 11.6 Å². The molecule has 3 aromatic rings. The first-order chi connectivity index (χ1) is 10.5. The van der Waals surface area contributed by atoms with Crippen LogP contribution in [0.15, 0.2) is 39.8 Å². The van der Waals surface area contributed by atoms with Crippen LogP contribution in [0.1, 0.15) is 11.5 Å². The highest BCUT2D eigenvalue weighted by molar-refractivity contribution is 5.75. The molecule has 0 radical (unpaired) electrons. The predicted octanol–water partition coefficient (Wildman–Crippen LogP) is 0.451. The largest absolute Gasteiger partial charge is 0.361 e. The monoisotopic (exact) mass is 301 g/mol. The second-order valence-corrected chi connectivity index (χ2v) is 5.05. The topological polar surface area (TPSA) is 85.6 Å². The van der Waals surface area contributed by atoms with E-state index in [0.717, 1.165) is 4.68 Å². The molecule has 0 saturated carbocycles. The summed E-state index contributed by atoms with van der Waals surface area (Å²) in [6.07, 6.45) is 1.62. The Bertz CT molecular complexity index is 876. The van der Waals surface area contributed by atoms with E-state index in [1.807, 2.05) is 0 Å². The molecule has 0 aliphatic rings. The van der Waals surface area contributed by atoms with Gasteiger partial charge in [0.25, 0.3) is 0 Å².